The minimum absolute atomic E-state index is 0.0181. The van der Waals surface area contributed by atoms with Gasteiger partial charge in [0.25, 0.3) is 0 Å². The molecule has 0 aliphatic carbocycles. The van der Waals surface area contributed by atoms with Crippen LogP contribution >= 0.6 is 0 Å². The Hall–Kier alpha value is -1.75. The number of carbonyl (C=O) groups excluding carboxylic acids is 1. The monoisotopic (exact) mass is 292 g/mol. The van der Waals surface area contributed by atoms with Crippen molar-refractivity contribution in [2.75, 3.05) is 19.7 Å². The summed E-state index contributed by atoms with van der Waals surface area (Å²) in [6, 6.07) is 7.73. The summed E-state index contributed by atoms with van der Waals surface area (Å²) < 4.78 is 5.56. The lowest BCUT2D eigenvalue weighted by atomic mass is 10.0. The summed E-state index contributed by atoms with van der Waals surface area (Å²) in [4.78, 5) is 13.6. The van der Waals surface area contributed by atoms with Crippen molar-refractivity contribution in [1.82, 2.24) is 10.2 Å². The number of aliphatic hydroxyl groups excluding tert-OH is 1. The molecule has 1 aromatic carbocycles. The van der Waals surface area contributed by atoms with Gasteiger partial charge in [-0.15, -0.1) is 0 Å². The van der Waals surface area contributed by atoms with Gasteiger partial charge in [0.2, 0.25) is 0 Å². The van der Waals surface area contributed by atoms with E-state index in [0.717, 1.165) is 24.2 Å². The van der Waals surface area contributed by atoms with Crippen LogP contribution in [0.1, 0.15) is 38.3 Å². The molecule has 1 aliphatic heterocycles. The molecule has 1 aliphatic rings. The first-order chi connectivity index (χ1) is 10.1. The van der Waals surface area contributed by atoms with E-state index in [1.165, 1.54) is 0 Å². The number of benzene rings is 1. The minimum atomic E-state index is -0.370. The number of hydrogen-bond acceptors (Lipinski definition) is 3. The molecule has 0 radical (unpaired) electrons. The van der Waals surface area contributed by atoms with Crippen molar-refractivity contribution in [1.29, 1.82) is 0 Å². The molecule has 0 saturated carbocycles. The highest BCUT2D eigenvalue weighted by Crippen LogP contribution is 2.21. The Morgan fingerprint density at radius 2 is 2.05 bits per heavy atom. The summed E-state index contributed by atoms with van der Waals surface area (Å²) in [6.07, 6.45) is 1.43. The second kappa shape index (κ2) is 7.31. The van der Waals surface area contributed by atoms with Crippen LogP contribution in [0.15, 0.2) is 24.3 Å². The maximum absolute atomic E-state index is 12.0. The third-order valence-electron chi connectivity index (χ3n) is 3.61. The van der Waals surface area contributed by atoms with Gasteiger partial charge in [0, 0.05) is 0 Å². The van der Waals surface area contributed by atoms with Crippen LogP contribution in [0.5, 0.6) is 5.75 Å². The van der Waals surface area contributed by atoms with Crippen LogP contribution in [-0.4, -0.2) is 41.8 Å². The Morgan fingerprint density at radius 1 is 1.38 bits per heavy atom. The highest BCUT2D eigenvalue weighted by molar-refractivity contribution is 5.75. The lowest BCUT2D eigenvalue weighted by Gasteiger charge is -2.36. The Balaban J connectivity index is 1.92. The molecule has 2 rings (SSSR count). The molecule has 2 amide bonds. The fourth-order valence-electron chi connectivity index (χ4n) is 2.30. The number of carbonyl (C=O) groups is 1. The molecule has 0 bridgehead atoms. The summed E-state index contributed by atoms with van der Waals surface area (Å²) >= 11 is 0. The van der Waals surface area contributed by atoms with Gasteiger partial charge in [-0.05, 0) is 30.5 Å². The van der Waals surface area contributed by atoms with Crippen molar-refractivity contribution in [3.63, 3.8) is 0 Å². The highest BCUT2D eigenvalue weighted by atomic mass is 16.5. The van der Waals surface area contributed by atoms with Crippen molar-refractivity contribution in [3.8, 4) is 5.75 Å². The van der Waals surface area contributed by atoms with Crippen LogP contribution < -0.4 is 10.1 Å². The van der Waals surface area contributed by atoms with Crippen molar-refractivity contribution in [2.45, 2.75) is 38.8 Å². The topological polar surface area (TPSA) is 61.8 Å². The standard InChI is InChI=1S/C16H24N2O3/c1-3-9-21-14-7-5-12(6-8-14)15(4-2)17-16(20)18-10-13(19)11-18/h5-8,13,15,19H,3-4,9-11H2,1-2H3,(H,17,20)/t15-/m1/s1. The van der Waals surface area contributed by atoms with E-state index in [9.17, 15) is 9.90 Å². The van der Waals surface area contributed by atoms with E-state index >= 15 is 0 Å². The summed E-state index contributed by atoms with van der Waals surface area (Å²) in [5.74, 6) is 0.854. The zero-order valence-corrected chi connectivity index (χ0v) is 12.7. The molecule has 1 aromatic rings. The molecular weight excluding hydrogens is 268 g/mol. The number of rotatable bonds is 6. The van der Waals surface area contributed by atoms with Gasteiger partial charge in [-0.25, -0.2) is 4.79 Å². The molecule has 0 spiro atoms. The van der Waals surface area contributed by atoms with Gasteiger partial charge >= 0.3 is 6.03 Å². The number of β-amino-alcohol motifs (C(OH)–C–C–N with tert-alkyl or cyclic N) is 1. The van der Waals surface area contributed by atoms with Gasteiger partial charge < -0.3 is 20.1 Å². The first-order valence-corrected chi connectivity index (χ1v) is 7.60. The average Bonchev–Trinajstić information content (AvgIpc) is 2.48. The molecule has 1 atom stereocenters. The van der Waals surface area contributed by atoms with Crippen LogP contribution in [0.3, 0.4) is 0 Å². The van der Waals surface area contributed by atoms with Crippen LogP contribution in [0.4, 0.5) is 4.79 Å². The number of nitrogens with zero attached hydrogens (tertiary/aromatic N) is 1. The van der Waals surface area contributed by atoms with Crippen molar-refractivity contribution >= 4 is 6.03 Å². The van der Waals surface area contributed by atoms with E-state index < -0.39 is 0 Å². The molecule has 5 heteroatoms. The zero-order valence-electron chi connectivity index (χ0n) is 12.7. The normalized spacial score (nSPS) is 16.2. The lowest BCUT2D eigenvalue weighted by molar-refractivity contribution is 0.0257. The van der Waals surface area contributed by atoms with E-state index in [1.54, 1.807) is 4.90 Å². The van der Waals surface area contributed by atoms with Gasteiger partial charge in [0.05, 0.1) is 31.8 Å². The van der Waals surface area contributed by atoms with E-state index in [0.29, 0.717) is 19.7 Å². The van der Waals surface area contributed by atoms with Gasteiger partial charge in [-0.2, -0.15) is 0 Å². The van der Waals surface area contributed by atoms with E-state index in [-0.39, 0.29) is 18.2 Å². The highest BCUT2D eigenvalue weighted by Gasteiger charge is 2.29. The molecule has 1 saturated heterocycles. The fraction of sp³-hybridized carbons (Fsp3) is 0.562. The predicted octanol–water partition coefficient (Wildman–Crippen LogP) is 2.31. The number of aliphatic hydroxyl groups is 1. The molecule has 1 heterocycles. The minimum Gasteiger partial charge on any atom is -0.494 e. The second-order valence-corrected chi connectivity index (χ2v) is 5.39. The SMILES string of the molecule is CCCOc1ccc([C@@H](CC)NC(=O)N2CC(O)C2)cc1. The van der Waals surface area contributed by atoms with Gasteiger partial charge in [-0.1, -0.05) is 26.0 Å². The van der Waals surface area contributed by atoms with E-state index in [1.807, 2.05) is 31.2 Å². The second-order valence-electron chi connectivity index (χ2n) is 5.39. The number of hydrogen-bond donors (Lipinski definition) is 2. The molecule has 21 heavy (non-hydrogen) atoms. The zero-order chi connectivity index (χ0) is 15.2. The smallest absolute Gasteiger partial charge is 0.318 e. The molecule has 0 aromatic heterocycles. The predicted molar refractivity (Wildman–Crippen MR) is 81.4 cm³/mol. The maximum Gasteiger partial charge on any atom is 0.318 e. The van der Waals surface area contributed by atoms with Crippen LogP contribution in [-0.2, 0) is 0 Å². The number of nitrogens with one attached hydrogen (secondary N) is 1. The quantitative estimate of drug-likeness (QED) is 0.846. The summed E-state index contributed by atoms with van der Waals surface area (Å²) in [6.45, 7) is 5.67. The van der Waals surface area contributed by atoms with Crippen LogP contribution in [0, 0.1) is 0 Å². The molecule has 0 unspecified atom stereocenters. The van der Waals surface area contributed by atoms with E-state index in [2.05, 4.69) is 12.2 Å². The fourth-order valence-corrected chi connectivity index (χ4v) is 2.30. The van der Waals surface area contributed by atoms with Crippen LogP contribution in [0.25, 0.3) is 0 Å². The number of amides is 2. The molecule has 116 valence electrons. The summed E-state index contributed by atoms with van der Waals surface area (Å²) in [5, 5.41) is 12.2. The Morgan fingerprint density at radius 3 is 2.57 bits per heavy atom. The lowest BCUT2D eigenvalue weighted by Crippen LogP contribution is -2.57. The van der Waals surface area contributed by atoms with Gasteiger partial charge in [0.15, 0.2) is 0 Å². The molecule has 1 fully saturated rings. The third-order valence-corrected chi connectivity index (χ3v) is 3.61. The molecule has 2 N–H and O–H groups in total. The average molecular weight is 292 g/mol. The van der Waals surface area contributed by atoms with Gasteiger partial charge in [-0.3, -0.25) is 0 Å². The number of ether oxygens (including phenoxy) is 1. The first kappa shape index (κ1) is 15.6. The first-order valence-electron chi connectivity index (χ1n) is 7.60. The summed E-state index contributed by atoms with van der Waals surface area (Å²) in [5.41, 5.74) is 1.07. The Bertz CT molecular complexity index is 455. The maximum atomic E-state index is 12.0. The summed E-state index contributed by atoms with van der Waals surface area (Å²) in [7, 11) is 0. The number of likely N-dealkylation sites (tertiary alicyclic amines) is 1. The Labute approximate surface area is 125 Å². The molecular formula is C16H24N2O3. The van der Waals surface area contributed by atoms with Crippen LogP contribution in [0.2, 0.25) is 0 Å². The van der Waals surface area contributed by atoms with Gasteiger partial charge in [0.1, 0.15) is 5.75 Å². The van der Waals surface area contributed by atoms with E-state index in [4.69, 9.17) is 4.74 Å². The Kier molecular flexibility index (Phi) is 5.44. The molecule has 5 nitrogen and oxygen atoms in total. The third kappa shape index (κ3) is 4.11. The van der Waals surface area contributed by atoms with Crippen molar-refractivity contribution < 1.29 is 14.6 Å². The largest absolute Gasteiger partial charge is 0.494 e. The van der Waals surface area contributed by atoms with Crippen molar-refractivity contribution in [3.05, 3.63) is 29.8 Å². The number of urea groups is 1. The van der Waals surface area contributed by atoms with Crippen molar-refractivity contribution in [2.24, 2.45) is 0 Å².